The van der Waals surface area contributed by atoms with Crippen LogP contribution in [0.1, 0.15) is 6.92 Å². The van der Waals surface area contributed by atoms with Crippen molar-refractivity contribution in [1.82, 2.24) is 9.97 Å². The van der Waals surface area contributed by atoms with Crippen LogP contribution in [0.2, 0.25) is 0 Å². The molecule has 2 N–H and O–H groups in total. The molecule has 5 heteroatoms. The first-order chi connectivity index (χ1) is 5.72. The molecule has 66 valence electrons. The zero-order chi connectivity index (χ0) is 8.97. The molecule has 0 aliphatic carbocycles. The number of nitrogens with two attached hydrogens (primary N) is 1. The molecule has 1 aromatic rings. The Bertz CT molecular complexity index is 237. The van der Waals surface area contributed by atoms with Crippen LogP contribution in [0.4, 0.5) is 5.82 Å². The van der Waals surface area contributed by atoms with Crippen molar-refractivity contribution in [2.24, 2.45) is 0 Å². The van der Waals surface area contributed by atoms with Crippen LogP contribution in [0.5, 0.6) is 5.88 Å². The van der Waals surface area contributed by atoms with E-state index in [9.17, 15) is 0 Å². The van der Waals surface area contributed by atoms with E-state index in [1.54, 1.807) is 14.0 Å². The van der Waals surface area contributed by atoms with Gasteiger partial charge in [-0.05, 0) is 6.92 Å². The minimum absolute atomic E-state index is 0.331. The highest BCUT2D eigenvalue weighted by atomic mass is 16.7. The van der Waals surface area contributed by atoms with Crippen molar-refractivity contribution in [2.75, 3.05) is 12.8 Å². The Labute approximate surface area is 70.5 Å². The monoisotopic (exact) mass is 169 g/mol. The molecule has 0 aromatic carbocycles. The van der Waals surface area contributed by atoms with Gasteiger partial charge in [0, 0.05) is 7.11 Å². The molecule has 0 radical (unpaired) electrons. The number of hydrogen-bond acceptors (Lipinski definition) is 5. The van der Waals surface area contributed by atoms with Crippen molar-refractivity contribution in [2.45, 2.75) is 13.2 Å². The summed E-state index contributed by atoms with van der Waals surface area (Å²) in [4.78, 5) is 7.68. The van der Waals surface area contributed by atoms with Gasteiger partial charge >= 0.3 is 0 Å². The van der Waals surface area contributed by atoms with E-state index in [-0.39, 0.29) is 6.29 Å². The summed E-state index contributed by atoms with van der Waals surface area (Å²) in [5.41, 5.74) is 5.33. The van der Waals surface area contributed by atoms with Gasteiger partial charge in [-0.3, -0.25) is 0 Å². The Balaban J connectivity index is 2.58. The van der Waals surface area contributed by atoms with Gasteiger partial charge in [0.05, 0.1) is 12.4 Å². The maximum Gasteiger partial charge on any atom is 0.234 e. The topological polar surface area (TPSA) is 70.3 Å². The highest BCUT2D eigenvalue weighted by Gasteiger charge is 2.01. The Morgan fingerprint density at radius 1 is 1.42 bits per heavy atom. The van der Waals surface area contributed by atoms with Crippen LogP contribution in [0, 0.1) is 0 Å². The van der Waals surface area contributed by atoms with Crippen molar-refractivity contribution in [3.63, 3.8) is 0 Å². The highest BCUT2D eigenvalue weighted by Crippen LogP contribution is 2.06. The maximum absolute atomic E-state index is 5.33. The fourth-order valence-corrected chi connectivity index (χ4v) is 0.605. The molecular weight excluding hydrogens is 158 g/mol. The lowest BCUT2D eigenvalue weighted by Gasteiger charge is -2.10. The van der Waals surface area contributed by atoms with Gasteiger partial charge in [0.25, 0.3) is 0 Å². The zero-order valence-corrected chi connectivity index (χ0v) is 7.02. The number of methoxy groups -OCH3 is 1. The second-order valence-electron chi connectivity index (χ2n) is 2.20. The molecule has 0 fully saturated rings. The summed E-state index contributed by atoms with van der Waals surface area (Å²) < 4.78 is 10.0. The third-order valence-corrected chi connectivity index (χ3v) is 1.27. The van der Waals surface area contributed by atoms with Gasteiger partial charge < -0.3 is 15.2 Å². The van der Waals surface area contributed by atoms with Crippen LogP contribution in [0.15, 0.2) is 12.4 Å². The molecule has 0 saturated carbocycles. The van der Waals surface area contributed by atoms with Crippen molar-refractivity contribution in [3.05, 3.63) is 12.4 Å². The Morgan fingerprint density at radius 2 is 2.17 bits per heavy atom. The van der Waals surface area contributed by atoms with Crippen molar-refractivity contribution < 1.29 is 9.47 Å². The van der Waals surface area contributed by atoms with Gasteiger partial charge in [0.15, 0.2) is 6.29 Å². The quantitative estimate of drug-likeness (QED) is 0.664. The van der Waals surface area contributed by atoms with Gasteiger partial charge in [-0.2, -0.15) is 0 Å². The summed E-state index contributed by atoms with van der Waals surface area (Å²) in [5.74, 6) is 0.769. The maximum atomic E-state index is 5.33. The number of nitrogens with zero attached hydrogens (tertiary/aromatic N) is 2. The number of ether oxygens (including phenoxy) is 2. The number of anilines is 1. The summed E-state index contributed by atoms with van der Waals surface area (Å²) >= 11 is 0. The van der Waals surface area contributed by atoms with Gasteiger partial charge in [0.1, 0.15) is 5.82 Å². The fraction of sp³-hybridized carbons (Fsp3) is 0.429. The second kappa shape index (κ2) is 3.87. The summed E-state index contributed by atoms with van der Waals surface area (Å²) in [6.07, 6.45) is 2.55. The minimum atomic E-state index is -0.331. The van der Waals surface area contributed by atoms with E-state index in [1.165, 1.54) is 12.4 Å². The predicted molar refractivity (Wildman–Crippen MR) is 43.5 cm³/mol. The summed E-state index contributed by atoms with van der Waals surface area (Å²) in [7, 11) is 1.55. The van der Waals surface area contributed by atoms with Crippen LogP contribution in [0.25, 0.3) is 0 Å². The van der Waals surface area contributed by atoms with Crippen LogP contribution < -0.4 is 10.5 Å². The molecule has 1 heterocycles. The Hall–Kier alpha value is -1.36. The molecule has 1 rings (SSSR count). The molecule has 0 saturated heterocycles. The molecular formula is C7H11N3O2. The molecule has 1 aromatic heterocycles. The van der Waals surface area contributed by atoms with E-state index in [1.807, 2.05) is 0 Å². The predicted octanol–water partition coefficient (Wildman–Crippen LogP) is 0.430. The molecule has 12 heavy (non-hydrogen) atoms. The lowest BCUT2D eigenvalue weighted by Crippen LogP contribution is -2.14. The smallest absolute Gasteiger partial charge is 0.234 e. The zero-order valence-electron chi connectivity index (χ0n) is 7.02. The normalized spacial score (nSPS) is 12.5. The Morgan fingerprint density at radius 3 is 2.67 bits per heavy atom. The molecule has 0 aliphatic heterocycles. The van der Waals surface area contributed by atoms with Crippen LogP contribution in [-0.4, -0.2) is 23.4 Å². The van der Waals surface area contributed by atoms with E-state index in [0.29, 0.717) is 11.7 Å². The van der Waals surface area contributed by atoms with Crippen molar-refractivity contribution in [1.29, 1.82) is 0 Å². The van der Waals surface area contributed by atoms with Crippen molar-refractivity contribution in [3.8, 4) is 5.88 Å². The molecule has 0 spiro atoms. The average Bonchev–Trinajstić information content (AvgIpc) is 2.09. The van der Waals surface area contributed by atoms with E-state index in [4.69, 9.17) is 15.2 Å². The van der Waals surface area contributed by atoms with Crippen LogP contribution in [0.3, 0.4) is 0 Å². The number of rotatable bonds is 3. The van der Waals surface area contributed by atoms with Gasteiger partial charge in [-0.15, -0.1) is 0 Å². The molecule has 1 unspecified atom stereocenters. The second-order valence-corrected chi connectivity index (χ2v) is 2.20. The van der Waals surface area contributed by atoms with E-state index < -0.39 is 0 Å². The van der Waals surface area contributed by atoms with E-state index in [0.717, 1.165) is 0 Å². The first kappa shape index (κ1) is 8.73. The van der Waals surface area contributed by atoms with Gasteiger partial charge in [-0.1, -0.05) is 0 Å². The summed E-state index contributed by atoms with van der Waals surface area (Å²) in [6.45, 7) is 1.76. The Kier molecular flexibility index (Phi) is 2.82. The third-order valence-electron chi connectivity index (χ3n) is 1.27. The van der Waals surface area contributed by atoms with Crippen molar-refractivity contribution >= 4 is 5.82 Å². The number of nitrogen functional groups attached to an aromatic ring is 1. The summed E-state index contributed by atoms with van der Waals surface area (Å²) in [6, 6.07) is 0. The third kappa shape index (κ3) is 2.35. The van der Waals surface area contributed by atoms with E-state index in [2.05, 4.69) is 9.97 Å². The molecule has 0 amide bonds. The summed E-state index contributed by atoms with van der Waals surface area (Å²) in [5, 5.41) is 0. The van der Waals surface area contributed by atoms with E-state index >= 15 is 0 Å². The molecule has 0 bridgehead atoms. The lowest BCUT2D eigenvalue weighted by molar-refractivity contribution is -0.0411. The average molecular weight is 169 g/mol. The van der Waals surface area contributed by atoms with Gasteiger partial charge in [0.2, 0.25) is 5.88 Å². The first-order valence-corrected chi connectivity index (χ1v) is 3.49. The fourth-order valence-electron chi connectivity index (χ4n) is 0.605. The number of aromatic nitrogens is 2. The van der Waals surface area contributed by atoms with Gasteiger partial charge in [-0.25, -0.2) is 9.97 Å². The SMILES string of the molecule is COC(C)Oc1cnc(N)cn1. The standard InChI is InChI=1S/C7H11N3O2/c1-5(11-2)12-7-4-9-6(8)3-10-7/h3-5H,1-2H3,(H2,8,9). The molecule has 0 aliphatic rings. The first-order valence-electron chi connectivity index (χ1n) is 3.49. The van der Waals surface area contributed by atoms with Crippen LogP contribution in [-0.2, 0) is 4.74 Å². The van der Waals surface area contributed by atoms with Crippen LogP contribution >= 0.6 is 0 Å². The minimum Gasteiger partial charge on any atom is -0.447 e. The number of hydrogen-bond donors (Lipinski definition) is 1. The molecule has 1 atom stereocenters. The molecule has 5 nitrogen and oxygen atoms in total. The highest BCUT2D eigenvalue weighted by molar-refractivity contribution is 5.24. The largest absolute Gasteiger partial charge is 0.447 e. The lowest BCUT2D eigenvalue weighted by atomic mass is 10.6.